The van der Waals surface area contributed by atoms with Crippen LogP contribution in [0.4, 0.5) is 11.4 Å². The predicted molar refractivity (Wildman–Crippen MR) is 115 cm³/mol. The number of nitrogens with zero attached hydrogens (tertiary/aromatic N) is 2. The van der Waals surface area contributed by atoms with E-state index in [1.165, 1.54) is 16.1 Å². The normalized spacial score (nSPS) is 13.9. The van der Waals surface area contributed by atoms with Gasteiger partial charge in [0.15, 0.2) is 0 Å². The molecular formula is C21H25ClN2O3S. The molecule has 0 aliphatic carbocycles. The van der Waals surface area contributed by atoms with Gasteiger partial charge < -0.3 is 4.90 Å². The van der Waals surface area contributed by atoms with Crippen molar-refractivity contribution in [1.82, 2.24) is 0 Å². The molecule has 2 aromatic carbocycles. The molecule has 1 amide bonds. The highest BCUT2D eigenvalue weighted by Crippen LogP contribution is 2.29. The maximum Gasteiger partial charge on any atom is 0.232 e. The number of halogens is 1. The molecule has 0 unspecified atom stereocenters. The summed E-state index contributed by atoms with van der Waals surface area (Å²) in [7, 11) is -3.48. The Bertz CT molecular complexity index is 975. The number of carbonyl (C=O) groups excluding carboxylic acids is 1. The largest absolute Gasteiger partial charge is 0.312 e. The van der Waals surface area contributed by atoms with Crippen molar-refractivity contribution in [3.05, 3.63) is 58.6 Å². The van der Waals surface area contributed by atoms with Crippen molar-refractivity contribution in [1.29, 1.82) is 0 Å². The van der Waals surface area contributed by atoms with Crippen molar-refractivity contribution in [2.45, 2.75) is 32.6 Å². The molecule has 0 saturated heterocycles. The van der Waals surface area contributed by atoms with Crippen LogP contribution in [0, 0.1) is 6.92 Å². The minimum absolute atomic E-state index is 0.0309. The highest BCUT2D eigenvalue weighted by Gasteiger charge is 2.23. The monoisotopic (exact) mass is 420 g/mol. The van der Waals surface area contributed by atoms with Gasteiger partial charge in [-0.3, -0.25) is 9.10 Å². The maximum atomic E-state index is 12.8. The second kappa shape index (κ2) is 8.53. The number of carbonyl (C=O) groups is 1. The van der Waals surface area contributed by atoms with Gasteiger partial charge in [-0.05, 0) is 55.5 Å². The van der Waals surface area contributed by atoms with E-state index in [4.69, 9.17) is 11.6 Å². The third kappa shape index (κ3) is 4.67. The average Bonchev–Trinajstić information content (AvgIpc) is 2.66. The number of para-hydroxylation sites is 1. The Kier molecular flexibility index (Phi) is 6.30. The lowest BCUT2D eigenvalue weighted by Gasteiger charge is -2.30. The van der Waals surface area contributed by atoms with Crippen LogP contribution in [0.3, 0.4) is 0 Å². The van der Waals surface area contributed by atoms with Gasteiger partial charge in [0.2, 0.25) is 15.9 Å². The molecule has 3 rings (SSSR count). The van der Waals surface area contributed by atoms with Crippen molar-refractivity contribution in [2.75, 3.05) is 28.6 Å². The Labute approximate surface area is 172 Å². The summed E-state index contributed by atoms with van der Waals surface area (Å²) < 4.78 is 26.0. The molecule has 2 aromatic rings. The van der Waals surface area contributed by atoms with Crippen molar-refractivity contribution in [2.24, 2.45) is 0 Å². The Balaban J connectivity index is 1.70. The molecule has 0 bridgehead atoms. The van der Waals surface area contributed by atoms with Gasteiger partial charge >= 0.3 is 0 Å². The van der Waals surface area contributed by atoms with Gasteiger partial charge in [-0.2, -0.15) is 0 Å². The number of aryl methyl sites for hydroxylation is 2. The number of sulfonamides is 1. The molecule has 5 nitrogen and oxygen atoms in total. The number of anilines is 2. The van der Waals surface area contributed by atoms with Gasteiger partial charge in [-0.15, -0.1) is 0 Å². The molecule has 0 radical (unpaired) electrons. The summed E-state index contributed by atoms with van der Waals surface area (Å²) in [4.78, 5) is 14.6. The van der Waals surface area contributed by atoms with Gasteiger partial charge in [0.25, 0.3) is 0 Å². The fraction of sp³-hybridized carbons (Fsp3) is 0.381. The molecule has 0 fully saturated rings. The number of benzene rings is 2. The van der Waals surface area contributed by atoms with Crippen molar-refractivity contribution in [3.8, 4) is 0 Å². The lowest BCUT2D eigenvalue weighted by Crippen LogP contribution is -2.36. The third-order valence-corrected chi connectivity index (χ3v) is 6.42. The van der Waals surface area contributed by atoms with Crippen molar-refractivity contribution in [3.63, 3.8) is 0 Å². The molecule has 7 heteroatoms. The summed E-state index contributed by atoms with van der Waals surface area (Å²) in [5, 5.41) is 0.482. The number of hydrogen-bond donors (Lipinski definition) is 0. The SMILES string of the molecule is Cc1ccc(Cl)cc1N(CCCC(=O)N1CCCc2ccccc21)S(C)(=O)=O. The molecule has 0 spiro atoms. The van der Waals surface area contributed by atoms with Crippen LogP contribution in [-0.2, 0) is 21.2 Å². The lowest BCUT2D eigenvalue weighted by atomic mass is 10.0. The second-order valence-corrected chi connectivity index (χ2v) is 9.49. The van der Waals surface area contributed by atoms with E-state index < -0.39 is 10.0 Å². The molecule has 0 saturated carbocycles. The minimum Gasteiger partial charge on any atom is -0.312 e. The van der Waals surface area contributed by atoms with Crippen LogP contribution in [0.25, 0.3) is 0 Å². The third-order valence-electron chi connectivity index (χ3n) is 5.00. The van der Waals surface area contributed by atoms with Crippen LogP contribution < -0.4 is 9.21 Å². The van der Waals surface area contributed by atoms with Crippen LogP contribution in [0.15, 0.2) is 42.5 Å². The molecule has 0 aromatic heterocycles. The van der Waals surface area contributed by atoms with E-state index in [1.807, 2.05) is 30.0 Å². The van der Waals surface area contributed by atoms with Crippen molar-refractivity contribution >= 4 is 38.9 Å². The maximum absolute atomic E-state index is 12.8. The summed E-state index contributed by atoms with van der Waals surface area (Å²) in [6, 6.07) is 13.2. The Morgan fingerprint density at radius 2 is 1.96 bits per heavy atom. The average molecular weight is 421 g/mol. The minimum atomic E-state index is -3.48. The molecule has 28 heavy (non-hydrogen) atoms. The molecule has 1 heterocycles. The van der Waals surface area contributed by atoms with Crippen LogP contribution in [0.5, 0.6) is 0 Å². The summed E-state index contributed by atoms with van der Waals surface area (Å²) in [6.07, 6.45) is 3.84. The zero-order chi connectivity index (χ0) is 20.3. The highest BCUT2D eigenvalue weighted by atomic mass is 35.5. The fourth-order valence-corrected chi connectivity index (χ4v) is 4.80. The predicted octanol–water partition coefficient (Wildman–Crippen LogP) is 4.17. The smallest absolute Gasteiger partial charge is 0.232 e. The van der Waals surface area contributed by atoms with E-state index in [-0.39, 0.29) is 12.5 Å². The second-order valence-electron chi connectivity index (χ2n) is 7.15. The van der Waals surface area contributed by atoms with Gasteiger partial charge in [0, 0.05) is 30.2 Å². The fourth-order valence-electron chi connectivity index (χ4n) is 3.62. The van der Waals surface area contributed by atoms with E-state index >= 15 is 0 Å². The quantitative estimate of drug-likeness (QED) is 0.704. The number of hydrogen-bond acceptors (Lipinski definition) is 3. The molecular weight excluding hydrogens is 396 g/mol. The summed E-state index contributed by atoms with van der Waals surface area (Å²) in [6.45, 7) is 2.79. The Morgan fingerprint density at radius 3 is 2.71 bits per heavy atom. The van der Waals surface area contributed by atoms with E-state index in [9.17, 15) is 13.2 Å². The zero-order valence-corrected chi connectivity index (χ0v) is 17.8. The number of fused-ring (bicyclic) bond motifs is 1. The van der Waals surface area contributed by atoms with E-state index in [0.717, 1.165) is 24.1 Å². The van der Waals surface area contributed by atoms with Crippen LogP contribution in [0.1, 0.15) is 30.4 Å². The van der Waals surface area contributed by atoms with Gasteiger partial charge in [0.1, 0.15) is 0 Å². The van der Waals surface area contributed by atoms with Gasteiger partial charge in [-0.25, -0.2) is 8.42 Å². The molecule has 1 aliphatic heterocycles. The van der Waals surface area contributed by atoms with Gasteiger partial charge in [-0.1, -0.05) is 35.9 Å². The first kappa shape index (κ1) is 20.7. The zero-order valence-electron chi connectivity index (χ0n) is 16.2. The van der Waals surface area contributed by atoms with E-state index in [1.54, 1.807) is 18.2 Å². The van der Waals surface area contributed by atoms with Crippen LogP contribution in [0.2, 0.25) is 5.02 Å². The topological polar surface area (TPSA) is 57.7 Å². The summed E-state index contributed by atoms with van der Waals surface area (Å²) >= 11 is 6.06. The first-order valence-electron chi connectivity index (χ1n) is 9.39. The van der Waals surface area contributed by atoms with E-state index in [2.05, 4.69) is 6.07 Å². The Morgan fingerprint density at radius 1 is 1.21 bits per heavy atom. The lowest BCUT2D eigenvalue weighted by molar-refractivity contribution is -0.118. The first-order chi connectivity index (χ1) is 13.3. The summed E-state index contributed by atoms with van der Waals surface area (Å²) in [5.41, 5.74) is 3.55. The number of rotatable bonds is 6. The standard InChI is InChI=1S/C21H25ClN2O3S/c1-16-11-12-18(22)15-20(16)24(28(2,26)27)14-6-10-21(25)23-13-5-8-17-7-3-4-9-19(17)23/h3-4,7,9,11-12,15H,5-6,8,10,13-14H2,1-2H3. The molecule has 1 aliphatic rings. The van der Waals surface area contributed by atoms with Crippen molar-refractivity contribution < 1.29 is 13.2 Å². The van der Waals surface area contributed by atoms with Gasteiger partial charge in [0.05, 0.1) is 11.9 Å². The highest BCUT2D eigenvalue weighted by molar-refractivity contribution is 7.92. The summed E-state index contributed by atoms with van der Waals surface area (Å²) in [5.74, 6) is 0.0309. The molecule has 0 N–H and O–H groups in total. The van der Waals surface area contributed by atoms with E-state index in [0.29, 0.717) is 30.1 Å². The van der Waals surface area contributed by atoms with Crippen LogP contribution >= 0.6 is 11.6 Å². The molecule has 0 atom stereocenters. The number of amides is 1. The van der Waals surface area contributed by atoms with Crippen LogP contribution in [-0.4, -0.2) is 33.7 Å². The first-order valence-corrected chi connectivity index (χ1v) is 11.6. The Hall–Kier alpha value is -2.05. The molecule has 150 valence electrons.